The molecule has 0 bridgehead atoms. The Bertz CT molecular complexity index is 746. The second-order valence-electron chi connectivity index (χ2n) is 6.35. The number of ether oxygens (including phenoxy) is 2. The summed E-state index contributed by atoms with van der Waals surface area (Å²) in [6.07, 6.45) is 4.29. The van der Waals surface area contributed by atoms with E-state index >= 15 is 0 Å². The molecule has 152 valence electrons. The molecule has 1 aliphatic rings. The first-order valence-corrected chi connectivity index (χ1v) is 9.68. The minimum Gasteiger partial charge on any atom is -0.490 e. The summed E-state index contributed by atoms with van der Waals surface area (Å²) in [4.78, 5) is 11.5. The second-order valence-corrected chi connectivity index (χ2v) is 6.35. The van der Waals surface area contributed by atoms with Crippen LogP contribution in [0.15, 0.2) is 47.6 Å². The number of rotatable bonds is 7. The normalized spacial score (nSPS) is 13.8. The molecule has 0 atom stereocenters. The average molecular weight is 496 g/mol. The Hall–Kier alpha value is -2.03. The maximum Gasteiger partial charge on any atom is 0.219 e. The lowest BCUT2D eigenvalue weighted by Gasteiger charge is -2.20. The molecule has 0 radical (unpaired) electrons. The van der Waals surface area contributed by atoms with Gasteiger partial charge in [0, 0.05) is 31.9 Å². The van der Waals surface area contributed by atoms with Gasteiger partial charge in [0.2, 0.25) is 5.88 Å². The molecule has 1 aliphatic heterocycles. The third-order valence-electron chi connectivity index (χ3n) is 4.31. The third-order valence-corrected chi connectivity index (χ3v) is 4.31. The minimum absolute atomic E-state index is 0. The Kier molecular flexibility index (Phi) is 9.33. The molecule has 3 rings (SSSR count). The van der Waals surface area contributed by atoms with E-state index < -0.39 is 0 Å². The van der Waals surface area contributed by atoms with Crippen molar-refractivity contribution in [2.75, 3.05) is 26.2 Å². The zero-order chi connectivity index (χ0) is 18.9. The van der Waals surface area contributed by atoms with Crippen LogP contribution in [0.3, 0.4) is 0 Å². The molecule has 1 N–H and O–H groups in total. The predicted molar refractivity (Wildman–Crippen MR) is 123 cm³/mol. The van der Waals surface area contributed by atoms with Crippen LogP contribution in [-0.2, 0) is 6.54 Å². The van der Waals surface area contributed by atoms with Gasteiger partial charge < -0.3 is 19.7 Å². The summed E-state index contributed by atoms with van der Waals surface area (Å²) >= 11 is 0. The first-order valence-electron chi connectivity index (χ1n) is 9.68. The van der Waals surface area contributed by atoms with E-state index in [1.54, 1.807) is 0 Å². The average Bonchev–Trinajstić information content (AvgIpc) is 3.23. The van der Waals surface area contributed by atoms with Crippen molar-refractivity contribution in [3.05, 3.63) is 48.2 Å². The van der Waals surface area contributed by atoms with Gasteiger partial charge in [-0.1, -0.05) is 18.2 Å². The van der Waals surface area contributed by atoms with Crippen molar-refractivity contribution >= 4 is 29.9 Å². The molecule has 0 saturated carbocycles. The van der Waals surface area contributed by atoms with Crippen LogP contribution in [0.5, 0.6) is 17.4 Å². The van der Waals surface area contributed by atoms with Crippen molar-refractivity contribution < 1.29 is 9.47 Å². The highest BCUT2D eigenvalue weighted by Gasteiger charge is 2.15. The lowest BCUT2D eigenvalue weighted by Crippen LogP contribution is -2.39. The minimum atomic E-state index is 0. The number of benzene rings is 1. The maximum absolute atomic E-state index is 5.87. The van der Waals surface area contributed by atoms with Gasteiger partial charge in [0.05, 0.1) is 13.2 Å². The van der Waals surface area contributed by atoms with E-state index in [4.69, 9.17) is 14.5 Å². The van der Waals surface area contributed by atoms with Gasteiger partial charge in [-0.15, -0.1) is 24.0 Å². The van der Waals surface area contributed by atoms with E-state index in [2.05, 4.69) is 22.1 Å². The fourth-order valence-electron chi connectivity index (χ4n) is 3.01. The largest absolute Gasteiger partial charge is 0.490 e. The standard InChI is InChI=1S/C21H28N4O2.HI/c1-3-22-21(25-13-7-8-14-25)24-16-17-11-12-20(23-15-17)27-19-10-6-5-9-18(19)26-4-2;/h5-6,9-12,15H,3-4,7-8,13-14,16H2,1-2H3,(H,22,24);1H. The van der Waals surface area contributed by atoms with Crippen LogP contribution in [-0.4, -0.2) is 42.1 Å². The molecule has 0 spiro atoms. The van der Waals surface area contributed by atoms with Crippen molar-refractivity contribution in [2.45, 2.75) is 33.2 Å². The molecule has 1 aromatic carbocycles. The lowest BCUT2D eigenvalue weighted by molar-refractivity contribution is 0.319. The predicted octanol–water partition coefficient (Wildman–Crippen LogP) is 4.45. The van der Waals surface area contributed by atoms with Gasteiger partial charge in [0.15, 0.2) is 17.5 Å². The number of guanidine groups is 1. The summed E-state index contributed by atoms with van der Waals surface area (Å²) in [5, 5.41) is 3.37. The van der Waals surface area contributed by atoms with Crippen LogP contribution in [0.25, 0.3) is 0 Å². The molecule has 1 fully saturated rings. The van der Waals surface area contributed by atoms with Crippen LogP contribution >= 0.6 is 24.0 Å². The zero-order valence-electron chi connectivity index (χ0n) is 16.6. The Balaban J connectivity index is 0.00000280. The lowest BCUT2D eigenvalue weighted by atomic mass is 10.3. The smallest absolute Gasteiger partial charge is 0.219 e. The summed E-state index contributed by atoms with van der Waals surface area (Å²) in [5.74, 6) is 2.92. The number of hydrogen-bond acceptors (Lipinski definition) is 4. The number of likely N-dealkylation sites (tertiary alicyclic amines) is 1. The molecule has 1 aromatic heterocycles. The molecule has 0 aliphatic carbocycles. The van der Waals surface area contributed by atoms with Crippen molar-refractivity contribution in [1.82, 2.24) is 15.2 Å². The summed E-state index contributed by atoms with van der Waals surface area (Å²) in [6.45, 7) is 8.27. The Labute approximate surface area is 184 Å². The van der Waals surface area contributed by atoms with Crippen LogP contribution in [0.4, 0.5) is 0 Å². The number of aromatic nitrogens is 1. The molecular weight excluding hydrogens is 467 g/mol. The highest BCUT2D eigenvalue weighted by atomic mass is 127. The van der Waals surface area contributed by atoms with E-state index in [0.717, 1.165) is 36.9 Å². The van der Waals surface area contributed by atoms with E-state index in [1.807, 2.05) is 49.5 Å². The van der Waals surface area contributed by atoms with Crippen LogP contribution in [0.1, 0.15) is 32.3 Å². The second kappa shape index (κ2) is 11.7. The maximum atomic E-state index is 5.87. The molecule has 7 heteroatoms. The number of pyridine rings is 1. The molecule has 0 unspecified atom stereocenters. The topological polar surface area (TPSA) is 59.0 Å². The summed E-state index contributed by atoms with van der Waals surface area (Å²) < 4.78 is 11.5. The number of nitrogens with zero attached hydrogens (tertiary/aromatic N) is 3. The third kappa shape index (κ3) is 6.25. The van der Waals surface area contributed by atoms with E-state index in [9.17, 15) is 0 Å². The molecule has 6 nitrogen and oxygen atoms in total. The van der Waals surface area contributed by atoms with Crippen molar-refractivity contribution in [3.8, 4) is 17.4 Å². The highest BCUT2D eigenvalue weighted by molar-refractivity contribution is 14.0. The molecule has 0 amide bonds. The van der Waals surface area contributed by atoms with Gasteiger partial charge in [-0.25, -0.2) is 9.98 Å². The number of hydrogen-bond donors (Lipinski definition) is 1. The van der Waals surface area contributed by atoms with Crippen molar-refractivity contribution in [3.63, 3.8) is 0 Å². The number of para-hydroxylation sites is 2. The summed E-state index contributed by atoms with van der Waals surface area (Å²) in [5.41, 5.74) is 1.05. The fraction of sp³-hybridized carbons (Fsp3) is 0.429. The Morgan fingerprint density at radius 1 is 1.11 bits per heavy atom. The van der Waals surface area contributed by atoms with E-state index in [-0.39, 0.29) is 24.0 Å². The SMILES string of the molecule is CCNC(=NCc1ccc(Oc2ccccc2OCC)nc1)N1CCCC1.I. The quantitative estimate of drug-likeness (QED) is 0.349. The number of halogens is 1. The monoisotopic (exact) mass is 496 g/mol. The summed E-state index contributed by atoms with van der Waals surface area (Å²) in [7, 11) is 0. The van der Waals surface area contributed by atoms with Gasteiger partial charge in [-0.3, -0.25) is 0 Å². The highest BCUT2D eigenvalue weighted by Crippen LogP contribution is 2.30. The molecule has 28 heavy (non-hydrogen) atoms. The van der Waals surface area contributed by atoms with Gasteiger partial charge >= 0.3 is 0 Å². The first kappa shape index (κ1) is 22.3. The molecule has 2 aromatic rings. The van der Waals surface area contributed by atoms with E-state index in [1.165, 1.54) is 12.8 Å². The molecule has 2 heterocycles. The zero-order valence-corrected chi connectivity index (χ0v) is 18.9. The van der Waals surface area contributed by atoms with Crippen molar-refractivity contribution in [2.24, 2.45) is 4.99 Å². The number of nitrogens with one attached hydrogen (secondary N) is 1. The summed E-state index contributed by atoms with van der Waals surface area (Å²) in [6, 6.07) is 11.5. The van der Waals surface area contributed by atoms with Crippen LogP contribution in [0, 0.1) is 0 Å². The fourth-order valence-corrected chi connectivity index (χ4v) is 3.01. The van der Waals surface area contributed by atoms with Gasteiger partial charge in [-0.2, -0.15) is 0 Å². The molecular formula is C21H29IN4O2. The molecule has 1 saturated heterocycles. The van der Waals surface area contributed by atoms with Crippen LogP contribution < -0.4 is 14.8 Å². The van der Waals surface area contributed by atoms with E-state index in [0.29, 0.717) is 24.8 Å². The Morgan fingerprint density at radius 2 is 1.86 bits per heavy atom. The number of aliphatic imine (C=N–C) groups is 1. The Morgan fingerprint density at radius 3 is 2.50 bits per heavy atom. The van der Waals surface area contributed by atoms with Gasteiger partial charge in [0.25, 0.3) is 0 Å². The first-order chi connectivity index (χ1) is 13.3. The van der Waals surface area contributed by atoms with Gasteiger partial charge in [-0.05, 0) is 44.4 Å². The van der Waals surface area contributed by atoms with Crippen molar-refractivity contribution in [1.29, 1.82) is 0 Å². The van der Waals surface area contributed by atoms with Crippen LogP contribution in [0.2, 0.25) is 0 Å². The van der Waals surface area contributed by atoms with Gasteiger partial charge in [0.1, 0.15) is 0 Å².